The Kier molecular flexibility index (Phi) is 4.39. The van der Waals surface area contributed by atoms with Crippen LogP contribution in [0.2, 0.25) is 0 Å². The van der Waals surface area contributed by atoms with E-state index in [4.69, 9.17) is 4.42 Å². The standard InChI is InChI=1S/C15H20N2O3S/c1-10-9-13(12(3)20-10)11(2)17-14-7-5-6-8-15(14)21(18,19)16-4/h5-9,11,16-17H,1-4H3. The molecule has 1 aromatic heterocycles. The second kappa shape index (κ2) is 5.91. The van der Waals surface area contributed by atoms with Gasteiger partial charge in [0.2, 0.25) is 10.0 Å². The molecule has 1 heterocycles. The van der Waals surface area contributed by atoms with Crippen LogP contribution < -0.4 is 10.0 Å². The SMILES string of the molecule is CNS(=O)(=O)c1ccccc1NC(C)c1cc(C)oc1C. The topological polar surface area (TPSA) is 71.3 Å². The lowest BCUT2D eigenvalue weighted by Crippen LogP contribution is -2.20. The van der Waals surface area contributed by atoms with E-state index in [1.165, 1.54) is 7.05 Å². The zero-order chi connectivity index (χ0) is 15.6. The van der Waals surface area contributed by atoms with Gasteiger partial charge in [-0.05, 0) is 46.0 Å². The van der Waals surface area contributed by atoms with Gasteiger partial charge in [-0.25, -0.2) is 13.1 Å². The van der Waals surface area contributed by atoms with Gasteiger partial charge in [0.1, 0.15) is 16.4 Å². The van der Waals surface area contributed by atoms with E-state index in [0.717, 1.165) is 17.1 Å². The van der Waals surface area contributed by atoms with Crippen molar-refractivity contribution in [1.29, 1.82) is 0 Å². The van der Waals surface area contributed by atoms with E-state index < -0.39 is 10.0 Å². The fraction of sp³-hybridized carbons (Fsp3) is 0.333. The van der Waals surface area contributed by atoms with Gasteiger partial charge in [-0.2, -0.15) is 0 Å². The molecule has 21 heavy (non-hydrogen) atoms. The van der Waals surface area contributed by atoms with Gasteiger partial charge in [0, 0.05) is 5.56 Å². The van der Waals surface area contributed by atoms with Crippen molar-refractivity contribution in [1.82, 2.24) is 4.72 Å². The van der Waals surface area contributed by atoms with E-state index >= 15 is 0 Å². The molecule has 0 aliphatic carbocycles. The number of nitrogens with one attached hydrogen (secondary N) is 2. The van der Waals surface area contributed by atoms with E-state index in [-0.39, 0.29) is 10.9 Å². The Morgan fingerprint density at radius 2 is 1.86 bits per heavy atom. The Morgan fingerprint density at radius 1 is 1.19 bits per heavy atom. The predicted octanol–water partition coefficient (Wildman–Crippen LogP) is 2.98. The normalized spacial score (nSPS) is 13.1. The third-order valence-electron chi connectivity index (χ3n) is 3.36. The lowest BCUT2D eigenvalue weighted by molar-refractivity contribution is 0.500. The first kappa shape index (κ1) is 15.6. The summed E-state index contributed by atoms with van der Waals surface area (Å²) in [5, 5.41) is 3.24. The quantitative estimate of drug-likeness (QED) is 0.891. The van der Waals surface area contributed by atoms with E-state index in [1.54, 1.807) is 24.3 Å². The molecule has 2 N–H and O–H groups in total. The lowest BCUT2D eigenvalue weighted by Gasteiger charge is -2.17. The lowest BCUT2D eigenvalue weighted by atomic mass is 10.1. The number of benzene rings is 1. The second-order valence-electron chi connectivity index (χ2n) is 4.94. The third-order valence-corrected chi connectivity index (χ3v) is 4.84. The van der Waals surface area contributed by atoms with E-state index in [9.17, 15) is 8.42 Å². The monoisotopic (exact) mass is 308 g/mol. The van der Waals surface area contributed by atoms with Gasteiger partial charge in [0.05, 0.1) is 11.7 Å². The van der Waals surface area contributed by atoms with Gasteiger partial charge in [-0.3, -0.25) is 0 Å². The molecule has 1 atom stereocenters. The Morgan fingerprint density at radius 3 is 2.43 bits per heavy atom. The maximum absolute atomic E-state index is 12.0. The fourth-order valence-electron chi connectivity index (χ4n) is 2.32. The Bertz CT molecular complexity index is 735. The summed E-state index contributed by atoms with van der Waals surface area (Å²) in [5.74, 6) is 1.67. The van der Waals surface area contributed by atoms with Crippen LogP contribution in [0.4, 0.5) is 5.69 Å². The van der Waals surface area contributed by atoms with E-state index in [2.05, 4.69) is 10.0 Å². The smallest absolute Gasteiger partial charge is 0.242 e. The van der Waals surface area contributed by atoms with Crippen LogP contribution in [0.15, 0.2) is 39.6 Å². The van der Waals surface area contributed by atoms with Gasteiger partial charge in [0.25, 0.3) is 0 Å². The molecule has 0 spiro atoms. The number of hydrogen-bond donors (Lipinski definition) is 2. The van der Waals surface area contributed by atoms with Crippen molar-refractivity contribution in [3.63, 3.8) is 0 Å². The van der Waals surface area contributed by atoms with Crippen molar-refractivity contribution in [2.75, 3.05) is 12.4 Å². The predicted molar refractivity (Wildman–Crippen MR) is 82.9 cm³/mol. The zero-order valence-corrected chi connectivity index (χ0v) is 13.4. The summed E-state index contributed by atoms with van der Waals surface area (Å²) in [4.78, 5) is 0.234. The maximum atomic E-state index is 12.0. The number of para-hydroxylation sites is 1. The first-order chi connectivity index (χ1) is 9.85. The zero-order valence-electron chi connectivity index (χ0n) is 12.6. The van der Waals surface area contributed by atoms with Gasteiger partial charge < -0.3 is 9.73 Å². The van der Waals surface area contributed by atoms with E-state index in [1.807, 2.05) is 26.8 Å². The van der Waals surface area contributed by atoms with Crippen LogP contribution in [0.3, 0.4) is 0 Å². The molecule has 0 aliphatic heterocycles. The Labute approximate surface area is 125 Å². The minimum atomic E-state index is -3.50. The van der Waals surface area contributed by atoms with Crippen LogP contribution >= 0.6 is 0 Å². The Hall–Kier alpha value is -1.79. The van der Waals surface area contributed by atoms with Crippen molar-refractivity contribution in [3.05, 3.63) is 47.4 Å². The van der Waals surface area contributed by atoms with Gasteiger partial charge >= 0.3 is 0 Å². The molecule has 1 unspecified atom stereocenters. The van der Waals surface area contributed by atoms with Gasteiger partial charge in [-0.15, -0.1) is 0 Å². The highest BCUT2D eigenvalue weighted by atomic mass is 32.2. The fourth-order valence-corrected chi connectivity index (χ4v) is 3.22. The number of aryl methyl sites for hydroxylation is 2. The highest BCUT2D eigenvalue weighted by molar-refractivity contribution is 7.89. The van der Waals surface area contributed by atoms with E-state index in [0.29, 0.717) is 5.69 Å². The molecule has 0 bridgehead atoms. The average molecular weight is 308 g/mol. The van der Waals surface area contributed by atoms with Crippen LogP contribution in [0.25, 0.3) is 0 Å². The van der Waals surface area contributed by atoms with Crippen LogP contribution in [0, 0.1) is 13.8 Å². The summed E-state index contributed by atoms with van der Waals surface area (Å²) < 4.78 is 31.9. The summed E-state index contributed by atoms with van der Waals surface area (Å²) in [6, 6.07) is 8.74. The molecular weight excluding hydrogens is 288 g/mol. The van der Waals surface area contributed by atoms with Gasteiger partial charge in [-0.1, -0.05) is 12.1 Å². The van der Waals surface area contributed by atoms with Crippen LogP contribution in [-0.2, 0) is 10.0 Å². The summed E-state index contributed by atoms with van der Waals surface area (Å²) >= 11 is 0. The van der Waals surface area contributed by atoms with Crippen LogP contribution in [0.1, 0.15) is 30.0 Å². The first-order valence-electron chi connectivity index (χ1n) is 6.71. The number of furan rings is 1. The molecule has 0 saturated carbocycles. The maximum Gasteiger partial charge on any atom is 0.242 e. The van der Waals surface area contributed by atoms with Crippen molar-refractivity contribution in [3.8, 4) is 0 Å². The summed E-state index contributed by atoms with van der Waals surface area (Å²) in [6.07, 6.45) is 0. The molecule has 114 valence electrons. The van der Waals surface area contributed by atoms with Crippen molar-refractivity contribution in [2.45, 2.75) is 31.7 Å². The highest BCUT2D eigenvalue weighted by Gasteiger charge is 2.19. The molecule has 2 rings (SSSR count). The number of rotatable bonds is 5. The molecule has 0 amide bonds. The average Bonchev–Trinajstić information content (AvgIpc) is 2.78. The highest BCUT2D eigenvalue weighted by Crippen LogP contribution is 2.28. The minimum Gasteiger partial charge on any atom is -0.466 e. The molecule has 0 fully saturated rings. The van der Waals surface area contributed by atoms with Crippen molar-refractivity contribution >= 4 is 15.7 Å². The van der Waals surface area contributed by atoms with Crippen molar-refractivity contribution < 1.29 is 12.8 Å². The summed E-state index contributed by atoms with van der Waals surface area (Å²) in [7, 11) is -2.10. The summed E-state index contributed by atoms with van der Waals surface area (Å²) in [6.45, 7) is 5.76. The van der Waals surface area contributed by atoms with Crippen molar-refractivity contribution in [2.24, 2.45) is 0 Å². The Balaban J connectivity index is 2.34. The minimum absolute atomic E-state index is 0.0596. The number of sulfonamides is 1. The summed E-state index contributed by atoms with van der Waals surface area (Å²) in [5.41, 5.74) is 1.58. The third kappa shape index (κ3) is 3.28. The van der Waals surface area contributed by atoms with Gasteiger partial charge in [0.15, 0.2) is 0 Å². The molecule has 2 aromatic rings. The van der Waals surface area contributed by atoms with Crippen LogP contribution in [0.5, 0.6) is 0 Å². The molecule has 6 heteroatoms. The van der Waals surface area contributed by atoms with Crippen LogP contribution in [-0.4, -0.2) is 15.5 Å². The number of anilines is 1. The second-order valence-corrected chi connectivity index (χ2v) is 6.79. The molecule has 1 aromatic carbocycles. The molecule has 0 radical (unpaired) electrons. The first-order valence-corrected chi connectivity index (χ1v) is 8.19. The molecular formula is C15H20N2O3S. The largest absolute Gasteiger partial charge is 0.466 e. The molecule has 0 aliphatic rings. The number of hydrogen-bond acceptors (Lipinski definition) is 4. The molecule has 5 nitrogen and oxygen atoms in total. The molecule has 0 saturated heterocycles.